The first kappa shape index (κ1) is 19.7. The van der Waals surface area contributed by atoms with Crippen LogP contribution in [0.2, 0.25) is 0 Å². The molecule has 1 atom stereocenters. The molecule has 1 fully saturated rings. The minimum absolute atomic E-state index is 0.118. The lowest BCUT2D eigenvalue weighted by molar-refractivity contribution is 0.0519. The Bertz CT molecular complexity index is 1060. The molecule has 1 saturated heterocycles. The molecular weight excluding hydrogens is 386 g/mol. The molecule has 4 rings (SSSR count). The summed E-state index contributed by atoms with van der Waals surface area (Å²) in [4.78, 5) is 26.5. The quantitative estimate of drug-likeness (QED) is 0.645. The van der Waals surface area contributed by atoms with E-state index in [0.29, 0.717) is 30.3 Å². The number of aryl methyl sites for hydroxylation is 1. The zero-order valence-corrected chi connectivity index (χ0v) is 16.9. The van der Waals surface area contributed by atoms with Gasteiger partial charge in [-0.25, -0.2) is 14.3 Å². The number of ether oxygens (including phenoxy) is 1. The van der Waals surface area contributed by atoms with E-state index in [1.807, 2.05) is 25.1 Å². The lowest BCUT2D eigenvalue weighted by Crippen LogP contribution is -2.34. The number of likely N-dealkylation sites (tertiary alicyclic amines) is 1. The maximum Gasteiger partial charge on any atom is 0.358 e. The topological polar surface area (TPSA) is 102 Å². The van der Waals surface area contributed by atoms with Crippen molar-refractivity contribution in [2.45, 2.75) is 32.7 Å². The van der Waals surface area contributed by atoms with Crippen LogP contribution in [-0.4, -0.2) is 45.0 Å². The normalized spacial score (nSPS) is 15.9. The van der Waals surface area contributed by atoms with Crippen LogP contribution in [0, 0.1) is 6.92 Å². The minimum atomic E-state index is -0.469. The van der Waals surface area contributed by atoms with Crippen molar-refractivity contribution in [1.29, 1.82) is 0 Å². The highest BCUT2D eigenvalue weighted by atomic mass is 16.5. The summed E-state index contributed by atoms with van der Waals surface area (Å²) in [5, 5.41) is 11.1. The zero-order chi connectivity index (χ0) is 21.1. The molecule has 1 aliphatic heterocycles. The molecule has 1 aliphatic rings. The number of nitrogens with one attached hydrogen (secondary N) is 1. The lowest BCUT2D eigenvalue weighted by atomic mass is 10.1. The summed E-state index contributed by atoms with van der Waals surface area (Å²) in [6, 6.07) is 10.4. The first-order valence-electron chi connectivity index (χ1n) is 9.89. The molecule has 1 aromatic carbocycles. The number of nitrogens with zero attached hydrogens (tertiary/aromatic N) is 4. The highest BCUT2D eigenvalue weighted by Crippen LogP contribution is 2.32. The second-order valence-electron chi connectivity index (χ2n) is 7.07. The van der Waals surface area contributed by atoms with Gasteiger partial charge in [-0.2, -0.15) is 5.10 Å². The number of carbonyl (C=O) groups is 2. The van der Waals surface area contributed by atoms with Gasteiger partial charge in [0.25, 0.3) is 0 Å². The first-order chi connectivity index (χ1) is 14.5. The summed E-state index contributed by atoms with van der Waals surface area (Å²) in [7, 11) is 0. The number of benzene rings is 1. The van der Waals surface area contributed by atoms with Gasteiger partial charge in [-0.15, -0.1) is 0 Å². The van der Waals surface area contributed by atoms with Gasteiger partial charge in [-0.05, 0) is 51.0 Å². The number of carbonyl (C=O) groups excluding carboxylic acids is 2. The van der Waals surface area contributed by atoms with Crippen LogP contribution in [0.4, 0.5) is 10.5 Å². The van der Waals surface area contributed by atoms with Gasteiger partial charge in [0, 0.05) is 24.5 Å². The number of esters is 1. The number of hydrogen-bond acceptors (Lipinski definition) is 6. The third-order valence-corrected chi connectivity index (χ3v) is 4.92. The minimum Gasteiger partial charge on any atom is -0.461 e. The smallest absolute Gasteiger partial charge is 0.358 e. The Balaban J connectivity index is 1.48. The fourth-order valence-electron chi connectivity index (χ4n) is 3.55. The second kappa shape index (κ2) is 8.40. The predicted octanol–water partition coefficient (Wildman–Crippen LogP) is 3.71. The highest BCUT2D eigenvalue weighted by molar-refractivity contribution is 5.90. The van der Waals surface area contributed by atoms with Crippen molar-refractivity contribution in [3.63, 3.8) is 0 Å². The average Bonchev–Trinajstić information content (AvgIpc) is 3.48. The molecule has 2 aromatic heterocycles. The Labute approximate surface area is 173 Å². The molecule has 1 N–H and O–H groups in total. The van der Waals surface area contributed by atoms with Crippen LogP contribution in [0.15, 0.2) is 47.1 Å². The van der Waals surface area contributed by atoms with Gasteiger partial charge in [0.05, 0.1) is 24.0 Å². The van der Waals surface area contributed by atoms with Crippen LogP contribution in [0.5, 0.6) is 0 Å². The van der Waals surface area contributed by atoms with Crippen molar-refractivity contribution in [2.24, 2.45) is 0 Å². The SMILES string of the molecule is CCOC(=O)c1ccn(-c2cccc(NC(=O)N3CCCC3c3cc(C)no3)c2)n1. The number of amides is 2. The summed E-state index contributed by atoms with van der Waals surface area (Å²) < 4.78 is 11.9. The van der Waals surface area contributed by atoms with Crippen LogP contribution < -0.4 is 5.32 Å². The molecule has 1 unspecified atom stereocenters. The maximum absolute atomic E-state index is 12.9. The van der Waals surface area contributed by atoms with E-state index >= 15 is 0 Å². The molecule has 9 heteroatoms. The molecule has 30 heavy (non-hydrogen) atoms. The van der Waals surface area contributed by atoms with Crippen molar-refractivity contribution >= 4 is 17.7 Å². The molecule has 0 aliphatic carbocycles. The fourth-order valence-corrected chi connectivity index (χ4v) is 3.55. The molecular formula is C21H23N5O4. The Kier molecular flexibility index (Phi) is 5.51. The molecule has 9 nitrogen and oxygen atoms in total. The summed E-state index contributed by atoms with van der Waals surface area (Å²) in [5.41, 5.74) is 2.37. The molecule has 3 aromatic rings. The van der Waals surface area contributed by atoms with Gasteiger partial charge in [0.2, 0.25) is 0 Å². The van der Waals surface area contributed by atoms with E-state index in [2.05, 4.69) is 15.6 Å². The van der Waals surface area contributed by atoms with Crippen molar-refractivity contribution < 1.29 is 18.8 Å². The van der Waals surface area contributed by atoms with Gasteiger partial charge in [-0.1, -0.05) is 11.2 Å². The maximum atomic E-state index is 12.9. The molecule has 0 saturated carbocycles. The average molecular weight is 409 g/mol. The van der Waals surface area contributed by atoms with E-state index in [1.165, 1.54) is 0 Å². The van der Waals surface area contributed by atoms with Gasteiger partial charge < -0.3 is 19.5 Å². The van der Waals surface area contributed by atoms with Crippen molar-refractivity contribution in [3.8, 4) is 5.69 Å². The van der Waals surface area contributed by atoms with Crippen LogP contribution in [0.3, 0.4) is 0 Å². The number of aromatic nitrogens is 3. The third kappa shape index (κ3) is 4.05. The standard InChI is InChI=1S/C21H23N5O4/c1-3-29-20(27)17-9-11-26(23-17)16-7-4-6-15(13-16)22-21(28)25-10-5-8-18(25)19-12-14(2)24-30-19/h4,6-7,9,11-13,18H,3,5,8,10H2,1-2H3,(H,22,28). The van der Waals surface area contributed by atoms with E-state index < -0.39 is 5.97 Å². The van der Waals surface area contributed by atoms with E-state index in [9.17, 15) is 9.59 Å². The lowest BCUT2D eigenvalue weighted by Gasteiger charge is -2.23. The fraction of sp³-hybridized carbons (Fsp3) is 0.333. The van der Waals surface area contributed by atoms with Crippen LogP contribution in [0.1, 0.15) is 47.7 Å². The molecule has 156 valence electrons. The van der Waals surface area contributed by atoms with E-state index in [-0.39, 0.29) is 17.8 Å². The van der Waals surface area contributed by atoms with Gasteiger partial charge in [0.15, 0.2) is 11.5 Å². The number of hydrogen-bond donors (Lipinski definition) is 1. The Morgan fingerprint density at radius 2 is 2.17 bits per heavy atom. The highest BCUT2D eigenvalue weighted by Gasteiger charge is 2.32. The zero-order valence-electron chi connectivity index (χ0n) is 16.9. The van der Waals surface area contributed by atoms with Crippen molar-refractivity contribution in [3.05, 3.63) is 59.7 Å². The number of rotatable bonds is 5. The predicted molar refractivity (Wildman–Crippen MR) is 108 cm³/mol. The van der Waals surface area contributed by atoms with Gasteiger partial charge in [-0.3, -0.25) is 0 Å². The largest absolute Gasteiger partial charge is 0.461 e. The molecule has 0 radical (unpaired) electrons. The molecule has 3 heterocycles. The van der Waals surface area contributed by atoms with Crippen molar-refractivity contribution in [1.82, 2.24) is 19.8 Å². The molecule has 0 bridgehead atoms. The van der Waals surface area contributed by atoms with Crippen LogP contribution in [-0.2, 0) is 4.74 Å². The summed E-state index contributed by atoms with van der Waals surface area (Å²) >= 11 is 0. The number of urea groups is 1. The Hall–Kier alpha value is -3.62. The summed E-state index contributed by atoms with van der Waals surface area (Å²) in [6.07, 6.45) is 3.42. The molecule has 0 spiro atoms. The Morgan fingerprint density at radius 1 is 1.30 bits per heavy atom. The van der Waals surface area contributed by atoms with E-state index in [4.69, 9.17) is 9.26 Å². The molecule has 2 amide bonds. The number of anilines is 1. The van der Waals surface area contributed by atoms with E-state index in [1.54, 1.807) is 40.9 Å². The monoisotopic (exact) mass is 409 g/mol. The van der Waals surface area contributed by atoms with Gasteiger partial charge in [0.1, 0.15) is 0 Å². The first-order valence-corrected chi connectivity index (χ1v) is 9.89. The van der Waals surface area contributed by atoms with Crippen LogP contribution >= 0.6 is 0 Å². The van der Waals surface area contributed by atoms with Crippen molar-refractivity contribution in [2.75, 3.05) is 18.5 Å². The summed E-state index contributed by atoms with van der Waals surface area (Å²) in [6.45, 7) is 4.55. The second-order valence-corrected chi connectivity index (χ2v) is 7.07. The van der Waals surface area contributed by atoms with E-state index in [0.717, 1.165) is 18.5 Å². The Morgan fingerprint density at radius 3 is 2.93 bits per heavy atom. The van der Waals surface area contributed by atoms with Gasteiger partial charge >= 0.3 is 12.0 Å². The summed E-state index contributed by atoms with van der Waals surface area (Å²) in [5.74, 6) is 0.236. The van der Waals surface area contributed by atoms with Crippen LogP contribution in [0.25, 0.3) is 5.69 Å². The third-order valence-electron chi connectivity index (χ3n) is 4.92.